The Balaban J connectivity index is 1.67. The molecule has 140 valence electrons. The average Bonchev–Trinajstić information content (AvgIpc) is 3.25. The number of nitrogens with one attached hydrogen (secondary N) is 1. The number of sulfonamides is 1. The third-order valence-corrected chi connectivity index (χ3v) is 8.00. The van der Waals surface area contributed by atoms with Crippen LogP contribution in [0.5, 0.6) is 0 Å². The van der Waals surface area contributed by atoms with Crippen LogP contribution in [0.3, 0.4) is 0 Å². The van der Waals surface area contributed by atoms with Crippen molar-refractivity contribution in [3.8, 4) is 0 Å². The lowest BCUT2D eigenvalue weighted by Gasteiger charge is -2.25. The van der Waals surface area contributed by atoms with Gasteiger partial charge in [-0.3, -0.25) is 9.59 Å². The molecule has 1 fully saturated rings. The zero-order valence-corrected chi connectivity index (χ0v) is 16.1. The lowest BCUT2D eigenvalue weighted by atomic mass is 10.3. The largest absolute Gasteiger partial charge is 0.379 e. The molecule has 3 N–H and O–H groups in total. The summed E-state index contributed by atoms with van der Waals surface area (Å²) in [5.41, 5.74) is 5.50. The van der Waals surface area contributed by atoms with Crippen molar-refractivity contribution in [3.63, 3.8) is 0 Å². The highest BCUT2D eigenvalue weighted by atomic mass is 32.2. The smallest absolute Gasteiger partial charge is 0.252 e. The van der Waals surface area contributed by atoms with Crippen LogP contribution in [0.25, 0.3) is 0 Å². The van der Waals surface area contributed by atoms with Crippen LogP contribution >= 0.6 is 22.7 Å². The van der Waals surface area contributed by atoms with Crippen molar-refractivity contribution in [2.75, 3.05) is 31.6 Å². The molecule has 8 nitrogen and oxygen atoms in total. The summed E-state index contributed by atoms with van der Waals surface area (Å²) in [5.74, 6) is -0.955. The average molecular weight is 416 g/mol. The Morgan fingerprint density at radius 1 is 1.23 bits per heavy atom. The number of hydrogen-bond acceptors (Lipinski definition) is 7. The molecule has 0 atom stereocenters. The molecule has 0 saturated carbocycles. The third-order valence-electron chi connectivity index (χ3n) is 3.72. The Morgan fingerprint density at radius 3 is 2.65 bits per heavy atom. The van der Waals surface area contributed by atoms with Crippen molar-refractivity contribution >= 4 is 49.5 Å². The van der Waals surface area contributed by atoms with Crippen molar-refractivity contribution in [2.45, 2.75) is 10.6 Å². The minimum absolute atomic E-state index is 0.0133. The van der Waals surface area contributed by atoms with E-state index in [-0.39, 0.29) is 22.1 Å². The number of ether oxygens (including phenoxy) is 1. The van der Waals surface area contributed by atoms with Crippen molar-refractivity contribution in [1.82, 2.24) is 4.31 Å². The SMILES string of the molecule is NC(=O)c1ccsc1NC(=O)Cc1ccc(S(=O)(=O)N2CCOCC2)s1. The Hall–Kier alpha value is -1.79. The van der Waals surface area contributed by atoms with Gasteiger partial charge in [-0.1, -0.05) is 0 Å². The number of amides is 2. The summed E-state index contributed by atoms with van der Waals surface area (Å²) in [6.45, 7) is 1.40. The molecule has 0 spiro atoms. The van der Waals surface area contributed by atoms with Gasteiger partial charge in [0.2, 0.25) is 5.91 Å². The molecule has 2 aromatic heterocycles. The lowest BCUT2D eigenvalue weighted by Crippen LogP contribution is -2.40. The van der Waals surface area contributed by atoms with Gasteiger partial charge >= 0.3 is 0 Å². The topological polar surface area (TPSA) is 119 Å². The summed E-state index contributed by atoms with van der Waals surface area (Å²) in [6, 6.07) is 4.68. The van der Waals surface area contributed by atoms with Gasteiger partial charge in [0.05, 0.1) is 25.2 Å². The minimum Gasteiger partial charge on any atom is -0.379 e. The third kappa shape index (κ3) is 4.13. The highest BCUT2D eigenvalue weighted by Gasteiger charge is 2.28. The number of carbonyl (C=O) groups excluding carboxylic acids is 2. The Morgan fingerprint density at radius 2 is 1.96 bits per heavy atom. The van der Waals surface area contributed by atoms with Gasteiger partial charge in [-0.25, -0.2) is 8.42 Å². The molecule has 3 heterocycles. The maximum absolute atomic E-state index is 12.6. The molecule has 2 aromatic rings. The van der Waals surface area contributed by atoms with Gasteiger partial charge in [0.25, 0.3) is 15.9 Å². The molecular formula is C15H17N3O5S3. The minimum atomic E-state index is -3.56. The predicted molar refractivity (Wildman–Crippen MR) is 99.1 cm³/mol. The molecular weight excluding hydrogens is 398 g/mol. The number of nitrogens with zero attached hydrogens (tertiary/aromatic N) is 1. The summed E-state index contributed by atoms with van der Waals surface area (Å²) in [4.78, 5) is 24.1. The van der Waals surface area contributed by atoms with E-state index in [9.17, 15) is 18.0 Å². The number of carbonyl (C=O) groups is 2. The van der Waals surface area contributed by atoms with Gasteiger partial charge in [-0.05, 0) is 23.6 Å². The fourth-order valence-corrected chi connectivity index (χ4v) is 6.16. The van der Waals surface area contributed by atoms with Gasteiger partial charge in [0, 0.05) is 18.0 Å². The predicted octanol–water partition coefficient (Wildman–Crippen LogP) is 1.11. The Bertz CT molecular complexity index is 913. The highest BCUT2D eigenvalue weighted by Crippen LogP contribution is 2.27. The number of primary amides is 1. The molecule has 1 saturated heterocycles. The van der Waals surface area contributed by atoms with Crippen LogP contribution in [0, 0.1) is 0 Å². The fraction of sp³-hybridized carbons (Fsp3) is 0.333. The Kier molecular flexibility index (Phi) is 5.73. The normalized spacial score (nSPS) is 15.7. The van der Waals surface area contributed by atoms with E-state index in [0.29, 0.717) is 36.2 Å². The van der Waals surface area contributed by atoms with Gasteiger partial charge in [-0.2, -0.15) is 4.31 Å². The van der Waals surface area contributed by atoms with Gasteiger partial charge in [0.1, 0.15) is 9.21 Å². The van der Waals surface area contributed by atoms with Gasteiger partial charge in [-0.15, -0.1) is 22.7 Å². The van der Waals surface area contributed by atoms with Crippen LogP contribution in [0.2, 0.25) is 0 Å². The number of rotatable bonds is 6. The van der Waals surface area contributed by atoms with Crippen molar-refractivity contribution in [1.29, 1.82) is 0 Å². The van der Waals surface area contributed by atoms with Crippen molar-refractivity contribution in [2.24, 2.45) is 5.73 Å². The van der Waals surface area contributed by atoms with Crippen LogP contribution in [-0.2, 0) is 26.0 Å². The first-order valence-corrected chi connectivity index (χ1v) is 10.9. The van der Waals surface area contributed by atoms with E-state index in [2.05, 4.69) is 5.32 Å². The number of anilines is 1. The monoisotopic (exact) mass is 415 g/mol. The molecule has 0 aliphatic carbocycles. The second-order valence-electron chi connectivity index (χ2n) is 5.49. The van der Waals surface area contributed by atoms with E-state index in [4.69, 9.17) is 10.5 Å². The first-order chi connectivity index (χ1) is 12.4. The quantitative estimate of drug-likeness (QED) is 0.733. The summed E-state index contributed by atoms with van der Waals surface area (Å²) in [5, 5.41) is 4.69. The second kappa shape index (κ2) is 7.84. The van der Waals surface area contributed by atoms with E-state index in [1.165, 1.54) is 21.7 Å². The van der Waals surface area contributed by atoms with E-state index in [1.807, 2.05) is 0 Å². The molecule has 26 heavy (non-hydrogen) atoms. The zero-order valence-electron chi connectivity index (χ0n) is 13.6. The van der Waals surface area contributed by atoms with Crippen LogP contribution in [0.15, 0.2) is 27.8 Å². The second-order valence-corrected chi connectivity index (χ2v) is 9.74. The number of morpholine rings is 1. The molecule has 2 amide bonds. The lowest BCUT2D eigenvalue weighted by molar-refractivity contribution is -0.115. The molecule has 0 bridgehead atoms. The van der Waals surface area contributed by atoms with Gasteiger partial charge < -0.3 is 15.8 Å². The summed E-state index contributed by atoms with van der Waals surface area (Å²) in [7, 11) is -3.56. The first-order valence-electron chi connectivity index (χ1n) is 7.71. The first kappa shape index (κ1) is 19.0. The van der Waals surface area contributed by atoms with Crippen LogP contribution in [0.1, 0.15) is 15.2 Å². The molecule has 1 aliphatic rings. The van der Waals surface area contributed by atoms with E-state index in [0.717, 1.165) is 11.3 Å². The van der Waals surface area contributed by atoms with Crippen LogP contribution in [-0.4, -0.2) is 50.8 Å². The molecule has 0 aromatic carbocycles. The summed E-state index contributed by atoms with van der Waals surface area (Å²) in [6.07, 6.45) is 0.0133. The van der Waals surface area contributed by atoms with E-state index < -0.39 is 15.9 Å². The standard InChI is InChI=1S/C15H17N3O5S3/c16-14(20)11-3-8-24-15(11)17-12(19)9-10-1-2-13(25-10)26(21,22)18-4-6-23-7-5-18/h1-3,8H,4-7,9H2,(H2,16,20)(H,17,19). The van der Waals surface area contributed by atoms with E-state index in [1.54, 1.807) is 17.5 Å². The molecule has 3 rings (SSSR count). The van der Waals surface area contributed by atoms with Gasteiger partial charge in [0.15, 0.2) is 0 Å². The van der Waals surface area contributed by atoms with Crippen LogP contribution < -0.4 is 11.1 Å². The van der Waals surface area contributed by atoms with Crippen molar-refractivity contribution in [3.05, 3.63) is 34.0 Å². The molecule has 1 aliphatic heterocycles. The summed E-state index contributed by atoms with van der Waals surface area (Å²) < 4.78 is 32.0. The highest BCUT2D eigenvalue weighted by molar-refractivity contribution is 7.91. The molecule has 0 unspecified atom stereocenters. The molecule has 11 heteroatoms. The zero-order chi connectivity index (χ0) is 18.7. The van der Waals surface area contributed by atoms with E-state index >= 15 is 0 Å². The fourth-order valence-electron chi connectivity index (χ4n) is 2.44. The summed E-state index contributed by atoms with van der Waals surface area (Å²) >= 11 is 2.27. The number of thiophene rings is 2. The maximum Gasteiger partial charge on any atom is 0.252 e. The van der Waals surface area contributed by atoms with Crippen LogP contribution in [0.4, 0.5) is 5.00 Å². The van der Waals surface area contributed by atoms with Crippen molar-refractivity contribution < 1.29 is 22.7 Å². The molecule has 0 radical (unpaired) electrons. The number of hydrogen-bond donors (Lipinski definition) is 2. The number of nitrogens with two attached hydrogens (primary N) is 1. The maximum atomic E-state index is 12.6. The Labute approximate surface area is 158 Å².